The number of ether oxygens (including phenoxy) is 2. The second-order valence-corrected chi connectivity index (χ2v) is 24.6. The molecule has 0 aromatic heterocycles. The van der Waals surface area contributed by atoms with Gasteiger partial charge in [0.25, 0.3) is 0 Å². The fraction of sp³-hybridized carbons (Fsp3) is 0.712. The molecule has 4 aliphatic carbocycles. The summed E-state index contributed by atoms with van der Waals surface area (Å²) in [5.41, 5.74) is 1.94. The minimum absolute atomic E-state index is 0.0679. The summed E-state index contributed by atoms with van der Waals surface area (Å²) in [4.78, 5) is 72.9. The van der Waals surface area contributed by atoms with Crippen molar-refractivity contribution in [1.29, 1.82) is 0 Å². The fourth-order valence-electron chi connectivity index (χ4n) is 14.1. The van der Waals surface area contributed by atoms with Crippen LogP contribution < -0.4 is 16.0 Å². The van der Waals surface area contributed by atoms with Gasteiger partial charge in [0, 0.05) is 45.4 Å². The molecule has 11 atom stereocenters. The van der Waals surface area contributed by atoms with Crippen LogP contribution >= 0.6 is 0 Å². The van der Waals surface area contributed by atoms with E-state index in [1.807, 2.05) is 36.5 Å². The van der Waals surface area contributed by atoms with Gasteiger partial charge in [0.15, 0.2) is 0 Å². The number of nitrogens with one attached hydrogen (secondary N) is 3. The first-order valence-corrected chi connectivity index (χ1v) is 27.8. The SMILES string of the molecule is CC(C)CCC[C@@H](C)[C@H]1CC[C@H]2[C@@H]3CC=C4C[C@@H](OC(=O)[C@H](CCCCNC(=O)OC(C)(C)C)NC(=O)[C@H](Cc5ccc(O)cc5)NC(=O)[C@@H]5CCCN5C(=O)C5C=CN(C)C=C5)CC[C@]4(C)[C@H]3CC[C@]12C. The highest BCUT2D eigenvalue weighted by atomic mass is 16.6. The van der Waals surface area contributed by atoms with E-state index in [-0.39, 0.29) is 36.0 Å². The molecule has 13 nitrogen and oxygen atoms in total. The molecule has 72 heavy (non-hydrogen) atoms. The number of hydrogen-bond acceptors (Lipinski definition) is 9. The predicted octanol–water partition coefficient (Wildman–Crippen LogP) is 10.1. The quantitative estimate of drug-likeness (QED) is 0.0600. The zero-order valence-electron chi connectivity index (χ0n) is 45.2. The largest absolute Gasteiger partial charge is 0.508 e. The molecule has 3 saturated carbocycles. The van der Waals surface area contributed by atoms with E-state index < -0.39 is 53.5 Å². The molecule has 4 fully saturated rings. The van der Waals surface area contributed by atoms with Crippen molar-refractivity contribution in [2.75, 3.05) is 20.1 Å². The summed E-state index contributed by atoms with van der Waals surface area (Å²) < 4.78 is 11.8. The predicted molar refractivity (Wildman–Crippen MR) is 281 cm³/mol. The molecule has 7 rings (SSSR count). The Balaban J connectivity index is 1.03. The normalized spacial score (nSPS) is 29.3. The summed E-state index contributed by atoms with van der Waals surface area (Å²) in [6, 6.07) is 3.55. The number of likely N-dealkylation sites (tertiary alicyclic amines) is 1. The average Bonchev–Trinajstić information content (AvgIpc) is 3.96. The number of phenolic OH excluding ortho intramolecular Hbond substituents is 1. The molecule has 0 unspecified atom stereocenters. The van der Waals surface area contributed by atoms with Gasteiger partial charge in [0.2, 0.25) is 17.7 Å². The maximum absolute atomic E-state index is 14.6. The van der Waals surface area contributed by atoms with Gasteiger partial charge < -0.3 is 40.3 Å². The number of carbonyl (C=O) groups excluding carboxylic acids is 5. The Labute approximate surface area is 431 Å². The Kier molecular flexibility index (Phi) is 18.0. The van der Waals surface area contributed by atoms with E-state index >= 15 is 0 Å². The molecular weight excluding hydrogens is 907 g/mol. The molecule has 0 bridgehead atoms. The number of rotatable bonds is 19. The minimum atomic E-state index is -1.11. The van der Waals surface area contributed by atoms with Crippen molar-refractivity contribution in [2.24, 2.45) is 52.3 Å². The Bertz CT molecular complexity index is 2150. The van der Waals surface area contributed by atoms with E-state index in [1.165, 1.54) is 62.7 Å². The Morgan fingerprint density at radius 1 is 0.847 bits per heavy atom. The Morgan fingerprint density at radius 2 is 1.58 bits per heavy atom. The molecule has 2 aliphatic heterocycles. The molecule has 4 amide bonds. The molecule has 0 spiro atoms. The third-order valence-corrected chi connectivity index (χ3v) is 17.9. The monoisotopic (exact) mass is 996 g/mol. The number of amides is 4. The molecule has 398 valence electrons. The lowest BCUT2D eigenvalue weighted by molar-refractivity contribution is -0.155. The van der Waals surface area contributed by atoms with Crippen molar-refractivity contribution in [3.05, 3.63) is 66.0 Å². The lowest BCUT2D eigenvalue weighted by atomic mass is 9.47. The second-order valence-electron chi connectivity index (χ2n) is 24.6. The van der Waals surface area contributed by atoms with Crippen molar-refractivity contribution < 1.29 is 38.6 Å². The van der Waals surface area contributed by atoms with Crippen molar-refractivity contribution in [3.8, 4) is 5.75 Å². The number of aromatic hydroxyl groups is 1. The third kappa shape index (κ3) is 13.3. The van der Waals surface area contributed by atoms with Crippen molar-refractivity contribution >= 4 is 29.8 Å². The van der Waals surface area contributed by atoms with Gasteiger partial charge in [-0.25, -0.2) is 9.59 Å². The number of fused-ring (bicyclic) bond motifs is 5. The van der Waals surface area contributed by atoms with Crippen LogP contribution in [0.15, 0.2) is 60.5 Å². The summed E-state index contributed by atoms with van der Waals surface area (Å²) >= 11 is 0. The molecule has 2 heterocycles. The Morgan fingerprint density at radius 3 is 2.29 bits per heavy atom. The van der Waals surface area contributed by atoms with E-state index in [4.69, 9.17) is 9.47 Å². The molecule has 1 saturated heterocycles. The second kappa shape index (κ2) is 23.6. The molecule has 0 radical (unpaired) electrons. The maximum Gasteiger partial charge on any atom is 0.407 e. The van der Waals surface area contributed by atoms with Crippen LogP contribution in [0, 0.1) is 52.3 Å². The van der Waals surface area contributed by atoms with Crippen LogP contribution in [0.4, 0.5) is 4.79 Å². The fourth-order valence-corrected chi connectivity index (χ4v) is 14.1. The van der Waals surface area contributed by atoms with E-state index in [0.29, 0.717) is 68.0 Å². The van der Waals surface area contributed by atoms with Crippen molar-refractivity contribution in [3.63, 3.8) is 0 Å². The van der Waals surface area contributed by atoms with Crippen LogP contribution in [-0.4, -0.2) is 94.7 Å². The number of esters is 1. The number of unbranched alkanes of at least 4 members (excludes halogenated alkanes) is 1. The molecule has 13 heteroatoms. The summed E-state index contributed by atoms with van der Waals surface area (Å²) in [5, 5.41) is 18.8. The van der Waals surface area contributed by atoms with Crippen molar-refractivity contribution in [1.82, 2.24) is 25.8 Å². The Hall–Kier alpha value is -4.81. The highest BCUT2D eigenvalue weighted by Gasteiger charge is 2.59. The highest BCUT2D eigenvalue weighted by Crippen LogP contribution is 2.67. The van der Waals surface area contributed by atoms with Gasteiger partial charge in [-0.05, 0) is 162 Å². The van der Waals surface area contributed by atoms with E-state index in [9.17, 15) is 29.1 Å². The van der Waals surface area contributed by atoms with E-state index in [2.05, 4.69) is 56.6 Å². The number of nitrogens with zero attached hydrogens (tertiary/aromatic N) is 2. The number of benzene rings is 1. The zero-order valence-corrected chi connectivity index (χ0v) is 45.2. The third-order valence-electron chi connectivity index (χ3n) is 17.9. The first-order valence-electron chi connectivity index (χ1n) is 27.8. The van der Waals surface area contributed by atoms with Gasteiger partial charge in [-0.1, -0.05) is 89.8 Å². The number of allylic oxidation sites excluding steroid dienone is 1. The number of carbonyl (C=O) groups is 5. The average molecular weight is 996 g/mol. The standard InChI is InChI=1S/C59H89N5O8/c1-38(2)14-12-15-39(3)46-24-25-47-45-23-20-42-37-44(26-30-58(42,7)48(45)27-31-59(46,47)8)71-55(69)49(16-10-11-32-60-56(70)72-57(4,5)6)61-52(66)50(36-40-18-21-43(65)22-19-40)62-53(67)51-17-13-33-64(51)54(68)41-28-34-63(9)35-29-41/h18-22,28-29,34-35,38-39,41,44-51,65H,10-17,23-27,30-33,36-37H2,1-9H3,(H,60,70)(H,61,66)(H,62,67)/t39-,44+,45+,46-,47+,48+,49+,50+,51+,58+,59-/m1/s1. The van der Waals surface area contributed by atoms with Gasteiger partial charge in [0.1, 0.15) is 35.6 Å². The van der Waals surface area contributed by atoms with Gasteiger partial charge in [-0.3, -0.25) is 14.4 Å². The smallest absolute Gasteiger partial charge is 0.407 e. The lowest BCUT2D eigenvalue weighted by Crippen LogP contribution is -2.56. The molecule has 1 aromatic carbocycles. The van der Waals surface area contributed by atoms with E-state index in [0.717, 1.165) is 42.9 Å². The van der Waals surface area contributed by atoms with Gasteiger partial charge >= 0.3 is 12.1 Å². The zero-order chi connectivity index (χ0) is 52.0. The number of alkyl carbamates (subject to hydrolysis) is 1. The van der Waals surface area contributed by atoms with Crippen LogP contribution in [-0.2, 0) is 35.1 Å². The van der Waals surface area contributed by atoms with Crippen LogP contribution in [0.5, 0.6) is 5.75 Å². The number of phenols is 1. The topological polar surface area (TPSA) is 167 Å². The minimum Gasteiger partial charge on any atom is -0.508 e. The van der Waals surface area contributed by atoms with Gasteiger partial charge in [-0.15, -0.1) is 0 Å². The lowest BCUT2D eigenvalue weighted by Gasteiger charge is -2.58. The summed E-state index contributed by atoms with van der Waals surface area (Å²) in [6.45, 7) is 18.5. The first-order chi connectivity index (χ1) is 34.1. The summed E-state index contributed by atoms with van der Waals surface area (Å²) in [5.74, 6) is 2.29. The van der Waals surface area contributed by atoms with E-state index in [1.54, 1.807) is 37.8 Å². The summed E-state index contributed by atoms with van der Waals surface area (Å²) in [7, 11) is 1.88. The molecule has 6 aliphatic rings. The van der Waals surface area contributed by atoms with Gasteiger partial charge in [0.05, 0.1) is 5.92 Å². The molecule has 1 aromatic rings. The highest BCUT2D eigenvalue weighted by molar-refractivity contribution is 5.95. The van der Waals surface area contributed by atoms with Crippen LogP contribution in [0.25, 0.3) is 0 Å². The van der Waals surface area contributed by atoms with Crippen molar-refractivity contribution in [2.45, 2.75) is 194 Å². The maximum atomic E-state index is 14.6. The van der Waals surface area contributed by atoms with Crippen LogP contribution in [0.2, 0.25) is 0 Å². The summed E-state index contributed by atoms with van der Waals surface area (Å²) in [6.07, 6.45) is 24.1. The first kappa shape index (κ1) is 55.0. The van der Waals surface area contributed by atoms with Crippen LogP contribution in [0.3, 0.4) is 0 Å². The molecular formula is C59H89N5O8. The van der Waals surface area contributed by atoms with Crippen LogP contribution in [0.1, 0.15) is 164 Å². The van der Waals surface area contributed by atoms with Gasteiger partial charge in [-0.2, -0.15) is 0 Å². The number of hydrogen-bond donors (Lipinski definition) is 4. The molecule has 4 N–H and O–H groups in total.